The fraction of sp³-hybridized carbons (Fsp3) is 0.105. The molecule has 2 aromatic heterocycles. The lowest BCUT2D eigenvalue weighted by Crippen LogP contribution is -2.02. The summed E-state index contributed by atoms with van der Waals surface area (Å²) in [5.41, 5.74) is 3.70. The van der Waals surface area contributed by atoms with E-state index in [4.69, 9.17) is 8.83 Å². The van der Waals surface area contributed by atoms with Gasteiger partial charge in [0, 0.05) is 10.8 Å². The quantitative estimate of drug-likeness (QED) is 0.472. The van der Waals surface area contributed by atoms with Crippen LogP contribution in [0.2, 0.25) is 0 Å². The zero-order valence-corrected chi connectivity index (χ0v) is 12.3. The Morgan fingerprint density at radius 2 is 1.55 bits per heavy atom. The molecule has 0 aliphatic carbocycles. The molecule has 0 spiro atoms. The summed E-state index contributed by atoms with van der Waals surface area (Å²) in [7, 11) is 0. The molecule has 0 unspecified atom stereocenters. The van der Waals surface area contributed by atoms with Crippen molar-refractivity contribution in [3.05, 3.63) is 70.1 Å². The third-order valence-corrected chi connectivity index (χ3v) is 4.04. The number of benzene rings is 2. The number of hydrogen-bond donors (Lipinski definition) is 0. The van der Waals surface area contributed by atoms with Gasteiger partial charge in [-0.05, 0) is 55.3 Å². The van der Waals surface area contributed by atoms with Crippen molar-refractivity contribution in [3.63, 3.8) is 0 Å². The van der Waals surface area contributed by atoms with Gasteiger partial charge in [-0.25, -0.2) is 4.79 Å². The van der Waals surface area contributed by atoms with Gasteiger partial charge < -0.3 is 8.83 Å². The lowest BCUT2D eigenvalue weighted by atomic mass is 10.1. The maximum absolute atomic E-state index is 12.3. The van der Waals surface area contributed by atoms with E-state index >= 15 is 0 Å². The fourth-order valence-corrected chi connectivity index (χ4v) is 2.67. The van der Waals surface area contributed by atoms with Crippen molar-refractivity contribution in [1.29, 1.82) is 0 Å². The van der Waals surface area contributed by atoms with Crippen LogP contribution in [0.1, 0.15) is 11.1 Å². The van der Waals surface area contributed by atoms with Crippen molar-refractivity contribution in [3.8, 4) is 11.3 Å². The highest BCUT2D eigenvalue weighted by molar-refractivity contribution is 5.86. The minimum absolute atomic E-state index is 0.380. The van der Waals surface area contributed by atoms with Gasteiger partial charge in [-0.15, -0.1) is 0 Å². The van der Waals surface area contributed by atoms with E-state index < -0.39 is 0 Å². The first-order valence-electron chi connectivity index (χ1n) is 7.16. The fourth-order valence-electron chi connectivity index (χ4n) is 2.67. The second-order valence-electron chi connectivity index (χ2n) is 5.57. The first-order valence-corrected chi connectivity index (χ1v) is 7.16. The topological polar surface area (TPSA) is 43.4 Å². The van der Waals surface area contributed by atoms with E-state index in [0.29, 0.717) is 16.9 Å². The van der Waals surface area contributed by atoms with Crippen LogP contribution in [0.5, 0.6) is 0 Å². The average Bonchev–Trinajstić information content (AvgIpc) is 2.92. The maximum atomic E-state index is 12.3. The zero-order chi connectivity index (χ0) is 15.3. The third kappa shape index (κ3) is 1.94. The first kappa shape index (κ1) is 12.9. The molecule has 0 radical (unpaired) electrons. The second kappa shape index (κ2) is 4.60. The number of rotatable bonds is 1. The summed E-state index contributed by atoms with van der Waals surface area (Å²) in [5.74, 6) is 0.537. The van der Waals surface area contributed by atoms with E-state index in [2.05, 4.69) is 0 Å². The molecule has 0 N–H and O–H groups in total. The maximum Gasteiger partial charge on any atom is 0.347 e. The normalized spacial score (nSPS) is 11.4. The highest BCUT2D eigenvalue weighted by Gasteiger charge is 2.13. The Kier molecular flexibility index (Phi) is 2.70. The minimum Gasteiger partial charge on any atom is -0.456 e. The number of fused-ring (bicyclic) bond motifs is 2. The molecule has 22 heavy (non-hydrogen) atoms. The van der Waals surface area contributed by atoms with Crippen LogP contribution in [-0.2, 0) is 0 Å². The molecule has 108 valence electrons. The van der Waals surface area contributed by atoms with Crippen molar-refractivity contribution in [1.82, 2.24) is 0 Å². The minimum atomic E-state index is -0.380. The van der Waals surface area contributed by atoms with E-state index in [9.17, 15) is 4.79 Å². The van der Waals surface area contributed by atoms with E-state index in [1.807, 2.05) is 62.4 Å². The lowest BCUT2D eigenvalue weighted by Gasteiger charge is -2.04. The molecule has 3 nitrogen and oxygen atoms in total. The van der Waals surface area contributed by atoms with E-state index in [1.54, 1.807) is 0 Å². The summed E-state index contributed by atoms with van der Waals surface area (Å²) >= 11 is 0. The highest BCUT2D eigenvalue weighted by atomic mass is 16.4. The van der Waals surface area contributed by atoms with Gasteiger partial charge in [0.25, 0.3) is 0 Å². The predicted molar refractivity (Wildman–Crippen MR) is 87.2 cm³/mol. The molecule has 0 bridgehead atoms. The molecule has 0 saturated carbocycles. The summed E-state index contributed by atoms with van der Waals surface area (Å²) in [6.45, 7) is 4.04. The summed E-state index contributed by atoms with van der Waals surface area (Å²) in [6, 6.07) is 15.3. The SMILES string of the molecule is Cc1cc2cc(-c3cc4ccccc4o3)c(=O)oc2cc1C. The third-order valence-electron chi connectivity index (χ3n) is 4.04. The second-order valence-corrected chi connectivity index (χ2v) is 5.57. The van der Waals surface area contributed by atoms with Crippen LogP contribution in [0.25, 0.3) is 33.3 Å². The number of para-hydroxylation sites is 1. The van der Waals surface area contributed by atoms with Gasteiger partial charge in [0.1, 0.15) is 22.5 Å². The van der Waals surface area contributed by atoms with Crippen LogP contribution in [-0.4, -0.2) is 0 Å². The molecule has 0 aliphatic rings. The molecule has 0 atom stereocenters. The average molecular weight is 290 g/mol. The molecular weight excluding hydrogens is 276 g/mol. The Bertz CT molecular complexity index is 1030. The number of aryl methyl sites for hydroxylation is 2. The molecule has 2 aromatic carbocycles. The Morgan fingerprint density at radius 3 is 2.36 bits per heavy atom. The molecule has 0 amide bonds. The van der Waals surface area contributed by atoms with Crippen molar-refractivity contribution in [2.45, 2.75) is 13.8 Å². The largest absolute Gasteiger partial charge is 0.456 e. The molecular formula is C19H14O3. The number of hydrogen-bond acceptors (Lipinski definition) is 3. The summed E-state index contributed by atoms with van der Waals surface area (Å²) in [6.07, 6.45) is 0. The van der Waals surface area contributed by atoms with E-state index in [-0.39, 0.29) is 5.63 Å². The van der Waals surface area contributed by atoms with Gasteiger partial charge in [0.15, 0.2) is 0 Å². The summed E-state index contributed by atoms with van der Waals surface area (Å²) < 4.78 is 11.2. The smallest absolute Gasteiger partial charge is 0.347 e. The van der Waals surface area contributed by atoms with Crippen LogP contribution in [0.15, 0.2) is 62.2 Å². The van der Waals surface area contributed by atoms with Gasteiger partial charge in [-0.2, -0.15) is 0 Å². The Labute approximate surface area is 126 Å². The van der Waals surface area contributed by atoms with Crippen LogP contribution in [0, 0.1) is 13.8 Å². The van der Waals surface area contributed by atoms with E-state index in [0.717, 1.165) is 27.5 Å². The molecule has 3 heteroatoms. The number of furan rings is 1. The Balaban J connectivity index is 1.99. The van der Waals surface area contributed by atoms with Crippen molar-refractivity contribution in [2.75, 3.05) is 0 Å². The molecule has 2 heterocycles. The van der Waals surface area contributed by atoms with Crippen LogP contribution in [0.3, 0.4) is 0 Å². The molecule has 0 fully saturated rings. The van der Waals surface area contributed by atoms with Gasteiger partial charge in [0.2, 0.25) is 0 Å². The Hall–Kier alpha value is -2.81. The summed E-state index contributed by atoms with van der Waals surface area (Å²) in [4.78, 5) is 12.3. The van der Waals surface area contributed by atoms with Gasteiger partial charge >= 0.3 is 5.63 Å². The van der Waals surface area contributed by atoms with Crippen molar-refractivity contribution >= 4 is 21.9 Å². The Morgan fingerprint density at radius 1 is 0.773 bits per heavy atom. The standard InChI is InChI=1S/C19H14O3/c1-11-7-14-9-15(19(20)22-17(14)8-12(11)2)18-10-13-5-3-4-6-16(13)21-18/h3-10H,1-2H3. The highest BCUT2D eigenvalue weighted by Crippen LogP contribution is 2.28. The molecule has 0 aliphatic heterocycles. The lowest BCUT2D eigenvalue weighted by molar-refractivity contribution is 0.555. The van der Waals surface area contributed by atoms with Crippen LogP contribution >= 0.6 is 0 Å². The van der Waals surface area contributed by atoms with Crippen molar-refractivity contribution in [2.24, 2.45) is 0 Å². The van der Waals surface area contributed by atoms with E-state index in [1.165, 1.54) is 0 Å². The molecule has 4 aromatic rings. The van der Waals surface area contributed by atoms with Crippen molar-refractivity contribution < 1.29 is 8.83 Å². The van der Waals surface area contributed by atoms with Crippen LogP contribution in [0.4, 0.5) is 0 Å². The predicted octanol–water partition coefficient (Wildman–Crippen LogP) is 4.82. The zero-order valence-electron chi connectivity index (χ0n) is 12.3. The molecule has 0 saturated heterocycles. The van der Waals surface area contributed by atoms with Crippen LogP contribution < -0.4 is 5.63 Å². The van der Waals surface area contributed by atoms with Gasteiger partial charge in [0.05, 0.1) is 0 Å². The monoisotopic (exact) mass is 290 g/mol. The molecule has 4 rings (SSSR count). The first-order chi connectivity index (χ1) is 10.6. The summed E-state index contributed by atoms with van der Waals surface area (Å²) in [5, 5.41) is 1.87. The van der Waals surface area contributed by atoms with Gasteiger partial charge in [-0.3, -0.25) is 0 Å². The van der Waals surface area contributed by atoms with Gasteiger partial charge in [-0.1, -0.05) is 18.2 Å².